The molecule has 2 aromatic rings. The van der Waals surface area contributed by atoms with Gasteiger partial charge in [-0.15, -0.1) is 5.10 Å². The lowest BCUT2D eigenvalue weighted by molar-refractivity contribution is -0.385. The second-order valence-corrected chi connectivity index (χ2v) is 5.11. The molecule has 0 saturated heterocycles. The van der Waals surface area contributed by atoms with Crippen molar-refractivity contribution in [2.45, 2.75) is 17.5 Å². The zero-order chi connectivity index (χ0) is 14.5. The maximum Gasteiger partial charge on any atom is 0.273 e. The molecule has 106 valence electrons. The van der Waals surface area contributed by atoms with E-state index in [1.54, 1.807) is 6.07 Å². The molecule has 0 unspecified atom stereocenters. The topological polar surface area (TPSA) is 107 Å². The van der Waals surface area contributed by atoms with Crippen LogP contribution in [0.2, 0.25) is 5.02 Å². The molecule has 1 heterocycles. The number of halogens is 1. The van der Waals surface area contributed by atoms with Gasteiger partial charge in [0, 0.05) is 22.4 Å². The summed E-state index contributed by atoms with van der Waals surface area (Å²) in [6.07, 6.45) is 0. The first-order valence-corrected chi connectivity index (χ1v) is 6.91. The van der Waals surface area contributed by atoms with Gasteiger partial charge in [0.1, 0.15) is 0 Å². The Morgan fingerprint density at radius 1 is 1.50 bits per heavy atom. The molecule has 0 amide bonds. The fraction of sp³-hybridized carbons (Fsp3) is 0.300. The van der Waals surface area contributed by atoms with Gasteiger partial charge in [-0.25, -0.2) is 4.68 Å². The average Bonchev–Trinajstić information content (AvgIpc) is 2.84. The standard InChI is InChI=1S/C10H10ClN5O3S/c11-8-1-2-9(16(18)19)7(5-8)6-20-10-12-13-14-15(10)3-4-17/h1-2,5,17H,3-4,6H2. The van der Waals surface area contributed by atoms with E-state index in [1.165, 1.54) is 28.6 Å². The number of tetrazole rings is 1. The van der Waals surface area contributed by atoms with Crippen LogP contribution in [0.15, 0.2) is 23.4 Å². The van der Waals surface area contributed by atoms with Crippen LogP contribution in [0.1, 0.15) is 5.56 Å². The van der Waals surface area contributed by atoms with Crippen molar-refractivity contribution < 1.29 is 10.0 Å². The van der Waals surface area contributed by atoms with Gasteiger partial charge in [-0.3, -0.25) is 10.1 Å². The van der Waals surface area contributed by atoms with Gasteiger partial charge in [0.2, 0.25) is 5.16 Å². The van der Waals surface area contributed by atoms with E-state index in [0.717, 1.165) is 0 Å². The molecule has 10 heteroatoms. The molecule has 0 atom stereocenters. The van der Waals surface area contributed by atoms with Crippen molar-refractivity contribution in [3.8, 4) is 0 Å². The number of nitrogens with zero attached hydrogens (tertiary/aromatic N) is 5. The van der Waals surface area contributed by atoms with E-state index in [1.807, 2.05) is 0 Å². The van der Waals surface area contributed by atoms with Crippen LogP contribution in [0.25, 0.3) is 0 Å². The Labute approximate surface area is 122 Å². The molecular formula is C10H10ClN5O3S. The third-order valence-electron chi connectivity index (χ3n) is 2.41. The van der Waals surface area contributed by atoms with Gasteiger partial charge < -0.3 is 5.11 Å². The van der Waals surface area contributed by atoms with Gasteiger partial charge in [-0.1, -0.05) is 23.4 Å². The summed E-state index contributed by atoms with van der Waals surface area (Å²) in [5.41, 5.74) is 0.495. The minimum atomic E-state index is -0.455. The highest BCUT2D eigenvalue weighted by Crippen LogP contribution is 2.28. The summed E-state index contributed by atoms with van der Waals surface area (Å²) in [6.45, 7) is 0.183. The van der Waals surface area contributed by atoms with Gasteiger partial charge in [-0.2, -0.15) is 0 Å². The number of thioether (sulfide) groups is 1. The average molecular weight is 316 g/mol. The second-order valence-electron chi connectivity index (χ2n) is 3.73. The van der Waals surface area contributed by atoms with E-state index < -0.39 is 4.92 Å². The first-order chi connectivity index (χ1) is 9.61. The van der Waals surface area contributed by atoms with Crippen molar-refractivity contribution in [2.75, 3.05) is 6.61 Å². The van der Waals surface area contributed by atoms with Gasteiger partial charge in [-0.05, 0) is 22.6 Å². The van der Waals surface area contributed by atoms with Crippen molar-refractivity contribution in [3.63, 3.8) is 0 Å². The number of hydrogen-bond donors (Lipinski definition) is 1. The predicted molar refractivity (Wildman–Crippen MR) is 72.6 cm³/mol. The minimum absolute atomic E-state index is 0.00285. The summed E-state index contributed by atoms with van der Waals surface area (Å²) < 4.78 is 1.43. The van der Waals surface area contributed by atoms with Gasteiger partial charge in [0.05, 0.1) is 18.1 Å². The lowest BCUT2D eigenvalue weighted by Crippen LogP contribution is -2.05. The zero-order valence-corrected chi connectivity index (χ0v) is 11.7. The van der Waals surface area contributed by atoms with Crippen LogP contribution >= 0.6 is 23.4 Å². The molecule has 20 heavy (non-hydrogen) atoms. The molecule has 0 saturated carbocycles. The third-order valence-corrected chi connectivity index (χ3v) is 3.65. The minimum Gasteiger partial charge on any atom is -0.394 e. The largest absolute Gasteiger partial charge is 0.394 e. The van der Waals surface area contributed by atoms with E-state index in [-0.39, 0.29) is 18.8 Å². The van der Waals surface area contributed by atoms with E-state index in [0.29, 0.717) is 21.5 Å². The number of nitro benzene ring substituents is 1. The number of rotatable bonds is 6. The Kier molecular flexibility index (Phi) is 4.88. The van der Waals surface area contributed by atoms with E-state index in [2.05, 4.69) is 15.5 Å². The first kappa shape index (κ1) is 14.7. The highest BCUT2D eigenvalue weighted by molar-refractivity contribution is 7.98. The van der Waals surface area contributed by atoms with Crippen LogP contribution in [-0.4, -0.2) is 36.8 Å². The Morgan fingerprint density at radius 2 is 2.30 bits per heavy atom. The summed E-state index contributed by atoms with van der Waals surface area (Å²) in [4.78, 5) is 10.5. The summed E-state index contributed by atoms with van der Waals surface area (Å²) in [6, 6.07) is 4.39. The summed E-state index contributed by atoms with van der Waals surface area (Å²) in [7, 11) is 0. The lowest BCUT2D eigenvalue weighted by Gasteiger charge is -2.04. The molecule has 8 nitrogen and oxygen atoms in total. The summed E-state index contributed by atoms with van der Waals surface area (Å²) in [5.74, 6) is 0.308. The third kappa shape index (κ3) is 3.44. The number of benzene rings is 1. The number of aliphatic hydroxyl groups excluding tert-OH is 1. The van der Waals surface area contributed by atoms with Crippen molar-refractivity contribution in [1.29, 1.82) is 0 Å². The maximum atomic E-state index is 10.9. The molecule has 0 radical (unpaired) electrons. The predicted octanol–water partition coefficient (Wildman–Crippen LogP) is 1.52. The van der Waals surface area contributed by atoms with Crippen LogP contribution in [-0.2, 0) is 12.3 Å². The highest BCUT2D eigenvalue weighted by atomic mass is 35.5. The Balaban J connectivity index is 2.16. The lowest BCUT2D eigenvalue weighted by atomic mass is 10.2. The molecule has 0 spiro atoms. The van der Waals surface area contributed by atoms with Crippen LogP contribution in [0, 0.1) is 10.1 Å². The highest BCUT2D eigenvalue weighted by Gasteiger charge is 2.15. The van der Waals surface area contributed by atoms with E-state index >= 15 is 0 Å². The smallest absolute Gasteiger partial charge is 0.273 e. The molecule has 1 aromatic heterocycles. The quantitative estimate of drug-likeness (QED) is 0.489. The van der Waals surface area contributed by atoms with Gasteiger partial charge in [0.25, 0.3) is 5.69 Å². The van der Waals surface area contributed by atoms with Crippen LogP contribution in [0.4, 0.5) is 5.69 Å². The van der Waals surface area contributed by atoms with Crippen LogP contribution in [0.5, 0.6) is 0 Å². The Bertz CT molecular complexity index is 621. The first-order valence-electron chi connectivity index (χ1n) is 5.54. The fourth-order valence-corrected chi connectivity index (χ4v) is 2.61. The molecular weight excluding hydrogens is 306 g/mol. The molecule has 0 aliphatic heterocycles. The molecule has 1 N–H and O–H groups in total. The molecule has 1 aromatic carbocycles. The van der Waals surface area contributed by atoms with Crippen molar-refractivity contribution in [3.05, 3.63) is 38.9 Å². The van der Waals surface area contributed by atoms with Crippen LogP contribution < -0.4 is 0 Å². The molecule has 0 aliphatic carbocycles. The molecule has 0 fully saturated rings. The normalized spacial score (nSPS) is 10.7. The Hall–Kier alpha value is -1.71. The Morgan fingerprint density at radius 3 is 3.00 bits per heavy atom. The summed E-state index contributed by atoms with van der Waals surface area (Å²) >= 11 is 7.09. The van der Waals surface area contributed by atoms with E-state index in [4.69, 9.17) is 16.7 Å². The molecule has 0 aliphatic rings. The monoisotopic (exact) mass is 315 g/mol. The fourth-order valence-electron chi connectivity index (χ4n) is 1.52. The number of nitro groups is 1. The van der Waals surface area contributed by atoms with Crippen molar-refractivity contribution in [2.24, 2.45) is 0 Å². The van der Waals surface area contributed by atoms with E-state index in [9.17, 15) is 10.1 Å². The molecule has 2 rings (SSSR count). The van der Waals surface area contributed by atoms with Crippen LogP contribution in [0.3, 0.4) is 0 Å². The van der Waals surface area contributed by atoms with Gasteiger partial charge >= 0.3 is 0 Å². The SMILES string of the molecule is O=[N+]([O-])c1ccc(Cl)cc1CSc1nnnn1CCO. The van der Waals surface area contributed by atoms with Crippen molar-refractivity contribution >= 4 is 29.1 Å². The second kappa shape index (κ2) is 6.64. The zero-order valence-electron chi connectivity index (χ0n) is 10.1. The number of hydrogen-bond acceptors (Lipinski definition) is 7. The number of aromatic nitrogens is 4. The van der Waals surface area contributed by atoms with Crippen molar-refractivity contribution in [1.82, 2.24) is 20.2 Å². The summed E-state index contributed by atoms with van der Waals surface area (Å²) in [5, 5.41) is 31.7. The van der Waals surface area contributed by atoms with Gasteiger partial charge in [0.15, 0.2) is 0 Å². The maximum absolute atomic E-state index is 10.9. The number of aliphatic hydroxyl groups is 1. The molecule has 0 bridgehead atoms.